The van der Waals surface area contributed by atoms with Crippen molar-refractivity contribution in [1.82, 2.24) is 10.0 Å². The third kappa shape index (κ3) is 4.22. The molecule has 0 bridgehead atoms. The number of hydrogen-bond acceptors (Lipinski definition) is 3. The molecular weight excluding hydrogens is 328 g/mol. The molecule has 7 heteroatoms. The molecule has 17 heavy (non-hydrogen) atoms. The largest absolute Gasteiger partial charge is 0.320 e. The van der Waals surface area contributed by atoms with E-state index < -0.39 is 10.0 Å². The second-order valence-electron chi connectivity index (χ2n) is 3.41. The van der Waals surface area contributed by atoms with E-state index in [1.807, 2.05) is 7.05 Å². The van der Waals surface area contributed by atoms with Gasteiger partial charge < -0.3 is 5.32 Å². The third-order valence-corrected chi connectivity index (χ3v) is 5.00. The van der Waals surface area contributed by atoms with Gasteiger partial charge in [0.2, 0.25) is 10.0 Å². The van der Waals surface area contributed by atoms with Crippen LogP contribution in [0.5, 0.6) is 0 Å². The van der Waals surface area contributed by atoms with Crippen LogP contribution in [0.4, 0.5) is 0 Å². The van der Waals surface area contributed by atoms with Crippen molar-refractivity contribution in [1.29, 1.82) is 0 Å². The van der Waals surface area contributed by atoms with Crippen molar-refractivity contribution in [3.63, 3.8) is 0 Å². The van der Waals surface area contributed by atoms with Crippen LogP contribution in [0.25, 0.3) is 0 Å². The first-order valence-electron chi connectivity index (χ1n) is 5.07. The topological polar surface area (TPSA) is 58.2 Å². The summed E-state index contributed by atoms with van der Waals surface area (Å²) in [5.41, 5.74) is 0. The fraction of sp³-hybridized carbons (Fsp3) is 0.400. The molecular formula is C10H14BrClN2O2S. The van der Waals surface area contributed by atoms with E-state index in [0.29, 0.717) is 11.0 Å². The van der Waals surface area contributed by atoms with Gasteiger partial charge in [-0.05, 0) is 48.1 Å². The van der Waals surface area contributed by atoms with Crippen molar-refractivity contribution in [3.8, 4) is 0 Å². The van der Waals surface area contributed by atoms with Crippen molar-refractivity contribution in [2.45, 2.75) is 11.3 Å². The molecule has 0 spiro atoms. The van der Waals surface area contributed by atoms with Crippen LogP contribution < -0.4 is 10.0 Å². The lowest BCUT2D eigenvalue weighted by Crippen LogP contribution is -2.27. The maximum absolute atomic E-state index is 12.0. The summed E-state index contributed by atoms with van der Waals surface area (Å²) in [5, 5.41) is 3.16. The summed E-state index contributed by atoms with van der Waals surface area (Å²) < 4.78 is 27.0. The van der Waals surface area contributed by atoms with Gasteiger partial charge in [0.15, 0.2) is 0 Å². The molecule has 0 radical (unpaired) electrons. The molecule has 0 saturated heterocycles. The minimum Gasteiger partial charge on any atom is -0.320 e. The molecule has 0 heterocycles. The van der Waals surface area contributed by atoms with Gasteiger partial charge in [0.25, 0.3) is 0 Å². The molecule has 2 N–H and O–H groups in total. The molecule has 0 aromatic heterocycles. The predicted octanol–water partition coefficient (Wildman–Crippen LogP) is 1.99. The average Bonchev–Trinajstić information content (AvgIpc) is 2.24. The molecule has 1 aromatic carbocycles. The lowest BCUT2D eigenvalue weighted by molar-refractivity contribution is 0.577. The van der Waals surface area contributed by atoms with E-state index in [2.05, 4.69) is 26.0 Å². The highest BCUT2D eigenvalue weighted by atomic mass is 79.9. The summed E-state index contributed by atoms with van der Waals surface area (Å²) in [6, 6.07) is 4.88. The summed E-state index contributed by atoms with van der Waals surface area (Å²) in [7, 11) is -1.74. The maximum Gasteiger partial charge on any atom is 0.243 e. The van der Waals surface area contributed by atoms with E-state index in [-0.39, 0.29) is 9.92 Å². The maximum atomic E-state index is 12.0. The average molecular weight is 342 g/mol. The Bertz CT molecular complexity index is 459. The van der Waals surface area contributed by atoms with E-state index in [9.17, 15) is 8.42 Å². The Balaban J connectivity index is 2.83. The molecule has 96 valence electrons. The predicted molar refractivity (Wildman–Crippen MR) is 72.9 cm³/mol. The normalized spacial score (nSPS) is 11.7. The number of sulfonamides is 1. The summed E-state index contributed by atoms with van der Waals surface area (Å²) >= 11 is 9.08. The first-order valence-corrected chi connectivity index (χ1v) is 7.72. The molecule has 0 atom stereocenters. The molecule has 4 nitrogen and oxygen atoms in total. The smallest absolute Gasteiger partial charge is 0.243 e. The van der Waals surface area contributed by atoms with Gasteiger partial charge in [-0.1, -0.05) is 17.7 Å². The van der Waals surface area contributed by atoms with Crippen molar-refractivity contribution in [2.75, 3.05) is 20.1 Å². The molecule has 0 fully saturated rings. The van der Waals surface area contributed by atoms with Crippen LogP contribution in [0.2, 0.25) is 5.02 Å². The van der Waals surface area contributed by atoms with Crippen LogP contribution in [0.3, 0.4) is 0 Å². The van der Waals surface area contributed by atoms with Gasteiger partial charge in [-0.25, -0.2) is 13.1 Å². The molecule has 0 aliphatic carbocycles. The number of nitrogens with one attached hydrogen (secondary N) is 2. The van der Waals surface area contributed by atoms with Crippen LogP contribution in [0.15, 0.2) is 27.6 Å². The Hall–Kier alpha value is -0.140. The van der Waals surface area contributed by atoms with Crippen molar-refractivity contribution in [3.05, 3.63) is 27.7 Å². The number of rotatable bonds is 6. The summed E-state index contributed by atoms with van der Waals surface area (Å²) in [6.07, 6.45) is 0.720. The monoisotopic (exact) mass is 340 g/mol. The Kier molecular flexibility index (Phi) is 5.88. The zero-order valence-corrected chi connectivity index (χ0v) is 12.5. The Labute approximate surface area is 115 Å². The van der Waals surface area contributed by atoms with Crippen LogP contribution in [-0.2, 0) is 10.0 Å². The van der Waals surface area contributed by atoms with Crippen LogP contribution >= 0.6 is 27.5 Å². The quantitative estimate of drug-likeness (QED) is 0.778. The van der Waals surface area contributed by atoms with Gasteiger partial charge in [0.1, 0.15) is 4.90 Å². The van der Waals surface area contributed by atoms with Gasteiger partial charge in [0, 0.05) is 11.0 Å². The van der Waals surface area contributed by atoms with Gasteiger partial charge in [-0.15, -0.1) is 0 Å². The van der Waals surface area contributed by atoms with E-state index in [1.165, 1.54) is 0 Å². The van der Waals surface area contributed by atoms with Crippen molar-refractivity contribution in [2.24, 2.45) is 0 Å². The molecule has 0 aliphatic heterocycles. The molecule has 1 aromatic rings. The Morgan fingerprint density at radius 1 is 1.35 bits per heavy atom. The van der Waals surface area contributed by atoms with Crippen molar-refractivity contribution < 1.29 is 8.42 Å². The first-order chi connectivity index (χ1) is 7.99. The van der Waals surface area contributed by atoms with Gasteiger partial charge in [-0.2, -0.15) is 0 Å². The van der Waals surface area contributed by atoms with E-state index >= 15 is 0 Å². The second kappa shape index (κ2) is 6.70. The third-order valence-electron chi connectivity index (χ3n) is 2.08. The molecule has 0 amide bonds. The van der Waals surface area contributed by atoms with E-state index in [4.69, 9.17) is 11.6 Å². The lowest BCUT2D eigenvalue weighted by atomic mass is 10.4. The minimum atomic E-state index is -3.56. The molecule has 0 saturated carbocycles. The zero-order valence-electron chi connectivity index (χ0n) is 9.33. The molecule has 0 aliphatic rings. The van der Waals surface area contributed by atoms with Crippen LogP contribution in [-0.4, -0.2) is 28.6 Å². The van der Waals surface area contributed by atoms with Gasteiger partial charge >= 0.3 is 0 Å². The highest BCUT2D eigenvalue weighted by Crippen LogP contribution is 2.28. The van der Waals surface area contributed by atoms with Crippen LogP contribution in [0.1, 0.15) is 6.42 Å². The zero-order chi connectivity index (χ0) is 12.9. The Morgan fingerprint density at radius 2 is 2.06 bits per heavy atom. The summed E-state index contributed by atoms with van der Waals surface area (Å²) in [4.78, 5) is 0.0890. The second-order valence-corrected chi connectivity index (χ2v) is 6.37. The molecule has 1 rings (SSSR count). The summed E-state index contributed by atoms with van der Waals surface area (Å²) in [6.45, 7) is 1.13. The Morgan fingerprint density at radius 3 is 2.65 bits per heavy atom. The standard InChI is InChI=1S/C10H14BrClN2O2S/c1-13-6-3-7-14-17(15,16)10-8(11)4-2-5-9(10)12/h2,4-5,13-14H,3,6-7H2,1H3. The SMILES string of the molecule is CNCCCNS(=O)(=O)c1c(Cl)cccc1Br. The minimum absolute atomic E-state index is 0.0890. The fourth-order valence-corrected chi connectivity index (χ4v) is 4.09. The fourth-order valence-electron chi connectivity index (χ4n) is 1.28. The lowest BCUT2D eigenvalue weighted by Gasteiger charge is -2.09. The number of halogens is 2. The van der Waals surface area contributed by atoms with Gasteiger partial charge in [-0.3, -0.25) is 0 Å². The first kappa shape index (κ1) is 14.9. The number of benzene rings is 1. The highest BCUT2D eigenvalue weighted by Gasteiger charge is 2.20. The van der Waals surface area contributed by atoms with Gasteiger partial charge in [0.05, 0.1) is 5.02 Å². The van der Waals surface area contributed by atoms with E-state index in [1.54, 1.807) is 18.2 Å². The van der Waals surface area contributed by atoms with Crippen molar-refractivity contribution >= 4 is 37.6 Å². The molecule has 0 unspecified atom stereocenters. The van der Waals surface area contributed by atoms with E-state index in [0.717, 1.165) is 13.0 Å². The summed E-state index contributed by atoms with van der Waals surface area (Å²) in [5.74, 6) is 0. The highest BCUT2D eigenvalue weighted by molar-refractivity contribution is 9.10. The van der Waals surface area contributed by atoms with Crippen LogP contribution in [0, 0.1) is 0 Å². The number of hydrogen-bond donors (Lipinski definition) is 2.